The van der Waals surface area contributed by atoms with Crippen molar-refractivity contribution in [2.45, 2.75) is 53.0 Å². The zero-order valence-corrected chi connectivity index (χ0v) is 28.4. The summed E-state index contributed by atoms with van der Waals surface area (Å²) in [6, 6.07) is 19.6. The summed E-state index contributed by atoms with van der Waals surface area (Å²) in [4.78, 5) is 23.9. The smallest absolute Gasteiger partial charge is 0.387 e. The van der Waals surface area contributed by atoms with Gasteiger partial charge in [0.1, 0.15) is 28.9 Å². The second-order valence-electron chi connectivity index (χ2n) is 12.8. The molecule has 0 saturated carbocycles. The van der Waals surface area contributed by atoms with Gasteiger partial charge in [0.05, 0.1) is 19.3 Å². The van der Waals surface area contributed by atoms with Crippen molar-refractivity contribution < 1.29 is 37.0 Å². The molecule has 0 amide bonds. The van der Waals surface area contributed by atoms with Crippen molar-refractivity contribution in [1.82, 2.24) is 14.9 Å². The Morgan fingerprint density at radius 2 is 1.65 bits per heavy atom. The third kappa shape index (κ3) is 6.19. The lowest BCUT2D eigenvalue weighted by Gasteiger charge is -2.25. The number of fused-ring (bicyclic) bond motifs is 2. The number of aromatic nitrogens is 2. The fraction of sp³-hybridized carbons (Fsp3) is 0.282. The van der Waals surface area contributed by atoms with E-state index in [9.17, 15) is 23.9 Å². The molecule has 0 spiro atoms. The van der Waals surface area contributed by atoms with E-state index in [1.54, 1.807) is 18.2 Å². The van der Waals surface area contributed by atoms with E-state index in [0.29, 0.717) is 57.2 Å². The number of esters is 1. The summed E-state index contributed by atoms with van der Waals surface area (Å²) >= 11 is 0. The van der Waals surface area contributed by atoms with Crippen molar-refractivity contribution in [2.24, 2.45) is 5.92 Å². The molecule has 3 heterocycles. The zero-order valence-electron chi connectivity index (χ0n) is 28.4. The highest BCUT2D eigenvalue weighted by Gasteiger charge is 2.38. The molecular formula is C39H34F2N4O6. The van der Waals surface area contributed by atoms with Gasteiger partial charge < -0.3 is 23.4 Å². The zero-order chi connectivity index (χ0) is 36.0. The van der Waals surface area contributed by atoms with Gasteiger partial charge >= 0.3 is 12.6 Å². The molecule has 1 aliphatic heterocycles. The SMILES string of the molecule is COC(=O)[C@@H]1[C@@H](C)CCN1Cc1cc2nc(-c3cccc(-c4cccc(-c5nc6cc(CO)cc(C#N)c6o5)c4C)c3C)oc2cc1OC(F)F. The predicted molar refractivity (Wildman–Crippen MR) is 185 cm³/mol. The molecule has 0 radical (unpaired) electrons. The summed E-state index contributed by atoms with van der Waals surface area (Å²) in [5.74, 6) is 0.294. The van der Waals surface area contributed by atoms with Gasteiger partial charge in [-0.05, 0) is 90.9 Å². The minimum absolute atomic E-state index is 0.0463. The number of carbonyl (C=O) groups is 1. The molecule has 0 unspecified atom stereocenters. The molecule has 1 aliphatic rings. The number of nitriles is 1. The van der Waals surface area contributed by atoms with Crippen LogP contribution in [0.25, 0.3) is 56.2 Å². The van der Waals surface area contributed by atoms with Crippen molar-refractivity contribution in [3.63, 3.8) is 0 Å². The van der Waals surface area contributed by atoms with Crippen LogP contribution < -0.4 is 4.74 Å². The number of methoxy groups -OCH3 is 1. The number of nitrogens with zero attached hydrogens (tertiary/aromatic N) is 4. The second-order valence-corrected chi connectivity index (χ2v) is 12.8. The van der Waals surface area contributed by atoms with E-state index >= 15 is 0 Å². The second kappa shape index (κ2) is 13.6. The molecule has 10 nitrogen and oxygen atoms in total. The predicted octanol–water partition coefficient (Wildman–Crippen LogP) is 7.94. The Hall–Kier alpha value is -5.64. The number of oxazole rings is 2. The van der Waals surface area contributed by atoms with Crippen LogP contribution in [0.1, 0.15) is 41.2 Å². The third-order valence-corrected chi connectivity index (χ3v) is 9.68. The van der Waals surface area contributed by atoms with E-state index in [-0.39, 0.29) is 36.4 Å². The first-order chi connectivity index (χ1) is 24.6. The molecule has 260 valence electrons. The summed E-state index contributed by atoms with van der Waals surface area (Å²) in [5, 5.41) is 19.3. The van der Waals surface area contributed by atoms with Gasteiger partial charge in [-0.15, -0.1) is 0 Å². The van der Waals surface area contributed by atoms with E-state index < -0.39 is 12.7 Å². The van der Waals surface area contributed by atoms with Crippen LogP contribution in [-0.4, -0.2) is 52.3 Å². The molecule has 2 atom stereocenters. The van der Waals surface area contributed by atoms with E-state index in [2.05, 4.69) is 11.1 Å². The molecule has 1 saturated heterocycles. The average molecular weight is 693 g/mol. The maximum atomic E-state index is 13.6. The van der Waals surface area contributed by atoms with Crippen molar-refractivity contribution in [3.05, 3.63) is 88.5 Å². The lowest BCUT2D eigenvalue weighted by molar-refractivity contribution is -0.147. The maximum absolute atomic E-state index is 13.6. The van der Waals surface area contributed by atoms with Crippen LogP contribution in [0.2, 0.25) is 0 Å². The molecule has 1 N–H and O–H groups in total. The van der Waals surface area contributed by atoms with Crippen LogP contribution >= 0.6 is 0 Å². The minimum Gasteiger partial charge on any atom is -0.468 e. The first kappa shape index (κ1) is 33.8. The lowest BCUT2D eigenvalue weighted by atomic mass is 9.91. The molecule has 7 rings (SSSR count). The number of benzene rings is 4. The number of aliphatic hydroxyl groups is 1. The van der Waals surface area contributed by atoms with E-state index in [0.717, 1.165) is 34.2 Å². The van der Waals surface area contributed by atoms with Crippen LogP contribution in [0.5, 0.6) is 5.75 Å². The van der Waals surface area contributed by atoms with Crippen LogP contribution in [0, 0.1) is 31.1 Å². The number of carbonyl (C=O) groups excluding carboxylic acids is 1. The molecule has 0 aliphatic carbocycles. The quantitative estimate of drug-likeness (QED) is 0.149. The Labute approximate surface area is 291 Å². The van der Waals surface area contributed by atoms with Crippen molar-refractivity contribution >= 4 is 28.2 Å². The Kier molecular flexibility index (Phi) is 9.01. The maximum Gasteiger partial charge on any atom is 0.387 e. The molecule has 6 aromatic rings. The highest BCUT2D eigenvalue weighted by Crippen LogP contribution is 2.39. The number of likely N-dealkylation sites (tertiary alicyclic amines) is 1. The van der Waals surface area contributed by atoms with Crippen molar-refractivity contribution in [1.29, 1.82) is 5.26 Å². The van der Waals surface area contributed by atoms with Crippen LogP contribution in [0.15, 0.2) is 69.5 Å². The van der Waals surface area contributed by atoms with Crippen LogP contribution in [0.3, 0.4) is 0 Å². The Balaban J connectivity index is 1.26. The Bertz CT molecular complexity index is 2340. The molecular weight excluding hydrogens is 658 g/mol. The van der Waals surface area contributed by atoms with Gasteiger partial charge in [0.2, 0.25) is 11.8 Å². The van der Waals surface area contributed by atoms with Crippen LogP contribution in [0.4, 0.5) is 8.78 Å². The topological polar surface area (TPSA) is 135 Å². The Morgan fingerprint density at radius 1 is 1.00 bits per heavy atom. The van der Waals surface area contributed by atoms with E-state index in [4.69, 9.17) is 23.3 Å². The number of alkyl halides is 2. The van der Waals surface area contributed by atoms with E-state index in [1.165, 1.54) is 13.2 Å². The van der Waals surface area contributed by atoms with Gasteiger partial charge in [-0.3, -0.25) is 9.69 Å². The molecule has 4 aromatic carbocycles. The van der Waals surface area contributed by atoms with Gasteiger partial charge in [-0.25, -0.2) is 9.97 Å². The summed E-state index contributed by atoms with van der Waals surface area (Å²) in [5.41, 5.74) is 7.93. The number of halogens is 2. The fourth-order valence-corrected chi connectivity index (χ4v) is 7.07. The van der Waals surface area contributed by atoms with Gasteiger partial charge in [-0.2, -0.15) is 14.0 Å². The summed E-state index contributed by atoms with van der Waals surface area (Å²) in [6.07, 6.45) is 0.765. The normalized spacial score (nSPS) is 16.3. The summed E-state index contributed by atoms with van der Waals surface area (Å²) in [6.45, 7) is 3.40. The highest BCUT2D eigenvalue weighted by atomic mass is 19.3. The summed E-state index contributed by atoms with van der Waals surface area (Å²) < 4.78 is 49.3. The monoisotopic (exact) mass is 692 g/mol. The van der Waals surface area contributed by atoms with Crippen molar-refractivity contribution in [3.8, 4) is 45.9 Å². The standard InChI is InChI=1S/C39H34F2N4O6/c1-20-11-12-45(34(20)38(47)48-4)18-25-15-30-33(16-32(25)50-39(40)41)49-36(43-30)28-9-5-7-26(21(28)2)27-8-6-10-29(22(27)3)37-44-31-14-23(19-46)13-24(17-42)35(31)51-37/h5-10,13-16,20,34,39,46H,11-12,18-19H2,1-4H3/t20-,34-/m0/s1. The fourth-order valence-electron chi connectivity index (χ4n) is 7.07. The minimum atomic E-state index is -3.06. The molecule has 51 heavy (non-hydrogen) atoms. The van der Waals surface area contributed by atoms with Crippen LogP contribution in [-0.2, 0) is 22.7 Å². The number of hydrogen-bond donors (Lipinski definition) is 1. The largest absolute Gasteiger partial charge is 0.468 e. The first-order valence-electron chi connectivity index (χ1n) is 16.4. The molecule has 2 aromatic heterocycles. The number of aliphatic hydroxyl groups excluding tert-OH is 1. The first-order valence-corrected chi connectivity index (χ1v) is 16.4. The number of ether oxygens (including phenoxy) is 2. The molecule has 0 bridgehead atoms. The lowest BCUT2D eigenvalue weighted by Crippen LogP contribution is -2.39. The van der Waals surface area contributed by atoms with Gasteiger partial charge in [0.25, 0.3) is 0 Å². The summed E-state index contributed by atoms with van der Waals surface area (Å²) in [7, 11) is 1.34. The van der Waals surface area contributed by atoms with Gasteiger partial charge in [0, 0.05) is 29.3 Å². The highest BCUT2D eigenvalue weighted by molar-refractivity contribution is 5.86. The van der Waals surface area contributed by atoms with Gasteiger partial charge in [0.15, 0.2) is 11.2 Å². The average Bonchev–Trinajstić information content (AvgIpc) is 3.84. The number of hydrogen-bond acceptors (Lipinski definition) is 10. The van der Waals surface area contributed by atoms with E-state index in [1.807, 2.05) is 62.1 Å². The molecule has 12 heteroatoms. The Morgan fingerprint density at radius 3 is 2.27 bits per heavy atom. The molecule has 1 fully saturated rings. The van der Waals surface area contributed by atoms with Crippen molar-refractivity contribution in [2.75, 3.05) is 13.7 Å². The number of rotatable bonds is 9. The third-order valence-electron chi connectivity index (χ3n) is 9.68. The van der Waals surface area contributed by atoms with Gasteiger partial charge in [-0.1, -0.05) is 31.2 Å².